The summed E-state index contributed by atoms with van der Waals surface area (Å²) in [7, 11) is 1.61. The van der Waals surface area contributed by atoms with Gasteiger partial charge in [-0.2, -0.15) is 0 Å². The summed E-state index contributed by atoms with van der Waals surface area (Å²) in [6.45, 7) is 4.44. The van der Waals surface area contributed by atoms with Crippen LogP contribution in [-0.4, -0.2) is 41.7 Å². The largest absolute Gasteiger partial charge is 0.395 e. The second-order valence-corrected chi connectivity index (χ2v) is 5.34. The average molecular weight is 256 g/mol. The van der Waals surface area contributed by atoms with Crippen molar-refractivity contribution in [3.63, 3.8) is 0 Å². The summed E-state index contributed by atoms with van der Waals surface area (Å²) in [6.07, 6.45) is 0. The zero-order valence-corrected chi connectivity index (χ0v) is 11.3. The lowest BCUT2D eigenvalue weighted by molar-refractivity contribution is 0.167. The van der Waals surface area contributed by atoms with E-state index in [0.717, 1.165) is 16.3 Å². The number of pyridine rings is 1. The second-order valence-electron chi connectivity index (χ2n) is 4.08. The van der Waals surface area contributed by atoms with E-state index in [9.17, 15) is 5.11 Å². The van der Waals surface area contributed by atoms with E-state index in [1.54, 1.807) is 7.11 Å². The molecule has 0 aromatic carbocycles. The Labute approximate surface area is 107 Å². The van der Waals surface area contributed by atoms with Crippen LogP contribution in [0.5, 0.6) is 0 Å². The molecule has 1 heterocycles. The molecule has 3 N–H and O–H groups in total. The van der Waals surface area contributed by atoms with E-state index in [1.165, 1.54) is 11.8 Å². The molecule has 0 radical (unpaired) electrons. The van der Waals surface area contributed by atoms with Gasteiger partial charge in [0.05, 0.1) is 23.5 Å². The molecule has 4 nitrogen and oxygen atoms in total. The van der Waals surface area contributed by atoms with Gasteiger partial charge in [-0.05, 0) is 31.5 Å². The Morgan fingerprint density at radius 3 is 2.71 bits per heavy atom. The molecule has 0 amide bonds. The van der Waals surface area contributed by atoms with Crippen LogP contribution in [0.4, 0.5) is 0 Å². The molecule has 0 aliphatic rings. The highest BCUT2D eigenvalue weighted by Crippen LogP contribution is 2.24. The molecule has 2 atom stereocenters. The first-order valence-electron chi connectivity index (χ1n) is 5.54. The van der Waals surface area contributed by atoms with Crippen molar-refractivity contribution in [2.45, 2.75) is 30.2 Å². The van der Waals surface area contributed by atoms with Crippen molar-refractivity contribution in [2.24, 2.45) is 5.73 Å². The number of aryl methyl sites for hydroxylation is 2. The van der Waals surface area contributed by atoms with Gasteiger partial charge >= 0.3 is 0 Å². The van der Waals surface area contributed by atoms with Crippen molar-refractivity contribution in [3.05, 3.63) is 23.4 Å². The Hall–Kier alpha value is -0.620. The van der Waals surface area contributed by atoms with Crippen LogP contribution in [-0.2, 0) is 4.74 Å². The maximum absolute atomic E-state index is 9.34. The fourth-order valence-electron chi connectivity index (χ4n) is 1.58. The highest BCUT2D eigenvalue weighted by atomic mass is 32.2. The van der Waals surface area contributed by atoms with E-state index >= 15 is 0 Å². The molecule has 5 heteroatoms. The number of nitrogens with two attached hydrogens (primary N) is 1. The monoisotopic (exact) mass is 256 g/mol. The summed E-state index contributed by atoms with van der Waals surface area (Å²) in [4.78, 5) is 4.42. The van der Waals surface area contributed by atoms with Crippen molar-refractivity contribution in [3.8, 4) is 0 Å². The maximum Gasteiger partial charge on any atom is 0.0969 e. The Bertz CT molecular complexity index is 340. The van der Waals surface area contributed by atoms with E-state index < -0.39 is 0 Å². The second kappa shape index (κ2) is 6.96. The predicted molar refractivity (Wildman–Crippen MR) is 70.3 cm³/mol. The molecule has 1 rings (SSSR count). The predicted octanol–water partition coefficient (Wildman–Crippen LogP) is 1.13. The van der Waals surface area contributed by atoms with E-state index in [4.69, 9.17) is 10.5 Å². The van der Waals surface area contributed by atoms with Crippen LogP contribution in [0.1, 0.15) is 11.3 Å². The molecular formula is C12H20N2O2S. The van der Waals surface area contributed by atoms with Gasteiger partial charge in [0.1, 0.15) is 0 Å². The van der Waals surface area contributed by atoms with Crippen molar-refractivity contribution in [1.29, 1.82) is 0 Å². The molecule has 1 aromatic heterocycles. The molecule has 0 bridgehead atoms. The number of rotatable bonds is 6. The van der Waals surface area contributed by atoms with Crippen LogP contribution in [0.2, 0.25) is 0 Å². The number of aromatic nitrogens is 1. The van der Waals surface area contributed by atoms with Gasteiger partial charge in [-0.3, -0.25) is 0 Å². The third-order valence-electron chi connectivity index (χ3n) is 2.36. The quantitative estimate of drug-likeness (QED) is 0.747. The third-order valence-corrected chi connectivity index (χ3v) is 3.62. The molecule has 0 saturated carbocycles. The molecule has 0 saturated heterocycles. The molecule has 96 valence electrons. The highest BCUT2D eigenvalue weighted by molar-refractivity contribution is 8.00. The smallest absolute Gasteiger partial charge is 0.0969 e. The summed E-state index contributed by atoms with van der Waals surface area (Å²) < 4.78 is 5.00. The number of hydrogen-bond donors (Lipinski definition) is 2. The number of ether oxygens (including phenoxy) is 1. The van der Waals surface area contributed by atoms with E-state index in [-0.39, 0.29) is 17.9 Å². The summed E-state index contributed by atoms with van der Waals surface area (Å²) in [5.41, 5.74) is 8.07. The first-order valence-corrected chi connectivity index (χ1v) is 6.42. The van der Waals surface area contributed by atoms with E-state index in [2.05, 4.69) is 4.98 Å². The number of aliphatic hydroxyl groups excluding tert-OH is 1. The van der Waals surface area contributed by atoms with Gasteiger partial charge in [0, 0.05) is 18.8 Å². The lowest BCUT2D eigenvalue weighted by Crippen LogP contribution is -2.38. The standard InChI is InChI=1S/C12H20N2O2S/c1-8-4-9(2)14-12(5-8)17-11(6-15)10(13)7-16-3/h4-5,10-11,15H,6-7,13H2,1-3H3. The minimum Gasteiger partial charge on any atom is -0.395 e. The molecule has 2 unspecified atom stereocenters. The Morgan fingerprint density at radius 1 is 1.47 bits per heavy atom. The Balaban J connectivity index is 2.73. The molecule has 17 heavy (non-hydrogen) atoms. The van der Waals surface area contributed by atoms with Crippen molar-refractivity contribution >= 4 is 11.8 Å². The molecular weight excluding hydrogens is 236 g/mol. The van der Waals surface area contributed by atoms with E-state index in [1.807, 2.05) is 26.0 Å². The lowest BCUT2D eigenvalue weighted by atomic mass is 10.2. The number of hydrogen-bond acceptors (Lipinski definition) is 5. The van der Waals surface area contributed by atoms with Crippen molar-refractivity contribution < 1.29 is 9.84 Å². The van der Waals surface area contributed by atoms with Gasteiger partial charge in [0.2, 0.25) is 0 Å². The van der Waals surface area contributed by atoms with Crippen LogP contribution in [0, 0.1) is 13.8 Å². The third kappa shape index (κ3) is 4.63. The molecule has 1 aromatic rings. The van der Waals surface area contributed by atoms with Crippen molar-refractivity contribution in [2.75, 3.05) is 20.3 Å². The van der Waals surface area contributed by atoms with Crippen LogP contribution >= 0.6 is 11.8 Å². The summed E-state index contributed by atoms with van der Waals surface area (Å²) in [5, 5.41) is 10.1. The first-order chi connectivity index (χ1) is 8.06. The zero-order valence-electron chi connectivity index (χ0n) is 10.5. The number of thioether (sulfide) groups is 1. The summed E-state index contributed by atoms with van der Waals surface area (Å²) in [5.74, 6) is 0. The number of nitrogens with zero attached hydrogens (tertiary/aromatic N) is 1. The summed E-state index contributed by atoms with van der Waals surface area (Å²) >= 11 is 1.50. The Kier molecular flexibility index (Phi) is 5.91. The van der Waals surface area contributed by atoms with Gasteiger partial charge in [0.25, 0.3) is 0 Å². The summed E-state index contributed by atoms with van der Waals surface area (Å²) in [6, 6.07) is 3.82. The van der Waals surface area contributed by atoms with Crippen molar-refractivity contribution in [1.82, 2.24) is 4.98 Å². The molecule has 0 spiro atoms. The molecule has 0 aliphatic heterocycles. The fourth-order valence-corrected chi connectivity index (χ4v) is 2.67. The SMILES string of the molecule is COCC(N)C(CO)Sc1cc(C)cc(C)n1. The van der Waals surface area contributed by atoms with Gasteiger partial charge in [0.15, 0.2) is 0 Å². The van der Waals surface area contributed by atoms with Crippen LogP contribution in [0.25, 0.3) is 0 Å². The number of aliphatic hydroxyl groups is 1. The molecule has 0 fully saturated rings. The molecule has 0 aliphatic carbocycles. The lowest BCUT2D eigenvalue weighted by Gasteiger charge is -2.20. The van der Waals surface area contributed by atoms with Crippen LogP contribution in [0.15, 0.2) is 17.2 Å². The fraction of sp³-hybridized carbons (Fsp3) is 0.583. The normalized spacial score (nSPS) is 14.6. The van der Waals surface area contributed by atoms with E-state index in [0.29, 0.717) is 6.61 Å². The number of methoxy groups -OCH3 is 1. The van der Waals surface area contributed by atoms with Gasteiger partial charge < -0.3 is 15.6 Å². The van der Waals surface area contributed by atoms with Crippen LogP contribution < -0.4 is 5.73 Å². The Morgan fingerprint density at radius 2 is 2.18 bits per heavy atom. The zero-order chi connectivity index (χ0) is 12.8. The average Bonchev–Trinajstić information content (AvgIpc) is 2.24. The topological polar surface area (TPSA) is 68.4 Å². The minimum absolute atomic E-state index is 0.0177. The van der Waals surface area contributed by atoms with Gasteiger partial charge in [-0.1, -0.05) is 11.8 Å². The van der Waals surface area contributed by atoms with Gasteiger partial charge in [-0.15, -0.1) is 0 Å². The first kappa shape index (κ1) is 14.4. The van der Waals surface area contributed by atoms with Gasteiger partial charge in [-0.25, -0.2) is 4.98 Å². The minimum atomic E-state index is -0.197. The maximum atomic E-state index is 9.34. The highest BCUT2D eigenvalue weighted by Gasteiger charge is 2.19. The van der Waals surface area contributed by atoms with Crippen LogP contribution in [0.3, 0.4) is 0 Å².